The third-order valence-corrected chi connectivity index (χ3v) is 2.34. The van der Waals surface area contributed by atoms with Crippen LogP contribution in [-0.2, 0) is 11.2 Å². The lowest BCUT2D eigenvalue weighted by Gasteiger charge is -1.97. The van der Waals surface area contributed by atoms with Gasteiger partial charge in [0.1, 0.15) is 0 Å². The minimum Gasteiger partial charge on any atom is -0.481 e. The first-order valence-electron chi connectivity index (χ1n) is 4.56. The molecule has 0 saturated carbocycles. The lowest BCUT2D eigenvalue weighted by Crippen LogP contribution is -2.00. The van der Waals surface area contributed by atoms with E-state index < -0.39 is 11.9 Å². The number of aromatic amines is 1. The molecular formula is C10H13NO4. The third-order valence-electron chi connectivity index (χ3n) is 2.34. The first-order chi connectivity index (χ1) is 6.93. The number of aliphatic carboxylic acids is 1. The van der Waals surface area contributed by atoms with E-state index in [9.17, 15) is 9.59 Å². The molecule has 1 aromatic rings. The first-order valence-corrected chi connectivity index (χ1v) is 4.56. The van der Waals surface area contributed by atoms with Crippen LogP contribution in [0.3, 0.4) is 0 Å². The van der Waals surface area contributed by atoms with Gasteiger partial charge in [-0.15, -0.1) is 0 Å². The Morgan fingerprint density at radius 3 is 2.27 bits per heavy atom. The smallest absolute Gasteiger partial charge is 0.337 e. The highest BCUT2D eigenvalue weighted by atomic mass is 16.4. The fourth-order valence-corrected chi connectivity index (χ4v) is 1.62. The van der Waals surface area contributed by atoms with E-state index in [1.165, 1.54) is 0 Å². The van der Waals surface area contributed by atoms with Crippen LogP contribution in [0.25, 0.3) is 0 Å². The molecule has 5 heteroatoms. The van der Waals surface area contributed by atoms with Crippen molar-refractivity contribution in [3.8, 4) is 0 Å². The highest BCUT2D eigenvalue weighted by molar-refractivity contribution is 5.91. The topological polar surface area (TPSA) is 90.4 Å². The molecular weight excluding hydrogens is 198 g/mol. The number of hydrogen-bond acceptors (Lipinski definition) is 2. The average molecular weight is 211 g/mol. The van der Waals surface area contributed by atoms with Gasteiger partial charge in [0.05, 0.1) is 12.0 Å². The van der Waals surface area contributed by atoms with Gasteiger partial charge in [0.25, 0.3) is 0 Å². The molecule has 0 amide bonds. The Bertz CT molecular complexity index is 406. The second-order valence-electron chi connectivity index (χ2n) is 3.43. The molecule has 1 aromatic heterocycles. The summed E-state index contributed by atoms with van der Waals surface area (Å²) >= 11 is 0. The molecule has 0 aliphatic carbocycles. The van der Waals surface area contributed by atoms with Gasteiger partial charge in [-0.1, -0.05) is 0 Å². The van der Waals surface area contributed by atoms with E-state index in [-0.39, 0.29) is 12.0 Å². The third kappa shape index (κ3) is 2.37. The zero-order valence-electron chi connectivity index (χ0n) is 8.63. The van der Waals surface area contributed by atoms with Crippen LogP contribution in [0.5, 0.6) is 0 Å². The molecule has 0 aliphatic heterocycles. The predicted octanol–water partition coefficient (Wildman–Crippen LogP) is 1.35. The molecule has 1 rings (SSSR count). The van der Waals surface area contributed by atoms with Crippen LogP contribution in [0.1, 0.15) is 33.7 Å². The molecule has 0 spiro atoms. The van der Waals surface area contributed by atoms with Gasteiger partial charge >= 0.3 is 11.9 Å². The van der Waals surface area contributed by atoms with Crippen molar-refractivity contribution in [1.29, 1.82) is 0 Å². The Labute approximate surface area is 86.7 Å². The number of aromatic carboxylic acids is 1. The fourth-order valence-electron chi connectivity index (χ4n) is 1.62. The highest BCUT2D eigenvalue weighted by Gasteiger charge is 2.17. The number of aromatic nitrogens is 1. The SMILES string of the molecule is Cc1[nH]c(CCC(=O)O)c(C)c1C(=O)O. The largest absolute Gasteiger partial charge is 0.481 e. The van der Waals surface area contributed by atoms with Crippen molar-refractivity contribution in [2.75, 3.05) is 0 Å². The van der Waals surface area contributed by atoms with Crippen LogP contribution in [0.4, 0.5) is 0 Å². The summed E-state index contributed by atoms with van der Waals surface area (Å²) in [4.78, 5) is 24.1. The van der Waals surface area contributed by atoms with Gasteiger partial charge < -0.3 is 15.2 Å². The zero-order valence-corrected chi connectivity index (χ0v) is 8.63. The van der Waals surface area contributed by atoms with E-state index in [4.69, 9.17) is 10.2 Å². The summed E-state index contributed by atoms with van der Waals surface area (Å²) in [7, 11) is 0. The van der Waals surface area contributed by atoms with Crippen molar-refractivity contribution in [3.63, 3.8) is 0 Å². The molecule has 15 heavy (non-hydrogen) atoms. The summed E-state index contributed by atoms with van der Waals surface area (Å²) in [5, 5.41) is 17.4. The van der Waals surface area contributed by atoms with Crippen LogP contribution in [0.15, 0.2) is 0 Å². The number of H-pyrrole nitrogens is 1. The quantitative estimate of drug-likeness (QED) is 0.701. The Kier molecular flexibility index (Phi) is 3.14. The zero-order chi connectivity index (χ0) is 11.6. The Hall–Kier alpha value is -1.78. The van der Waals surface area contributed by atoms with Crippen molar-refractivity contribution < 1.29 is 19.8 Å². The minimum atomic E-state index is -0.983. The number of carboxylic acids is 2. The van der Waals surface area contributed by atoms with Gasteiger partial charge in [0, 0.05) is 11.4 Å². The summed E-state index contributed by atoms with van der Waals surface area (Å²) < 4.78 is 0. The average Bonchev–Trinajstić information content (AvgIpc) is 2.37. The van der Waals surface area contributed by atoms with Gasteiger partial charge in [-0.3, -0.25) is 4.79 Å². The number of hydrogen-bond donors (Lipinski definition) is 3. The molecule has 0 fully saturated rings. The molecule has 0 saturated heterocycles. The van der Waals surface area contributed by atoms with Gasteiger partial charge in [-0.25, -0.2) is 4.79 Å². The summed E-state index contributed by atoms with van der Waals surface area (Å²) in [6.07, 6.45) is 0.329. The highest BCUT2D eigenvalue weighted by Crippen LogP contribution is 2.18. The Morgan fingerprint density at radius 1 is 1.27 bits per heavy atom. The predicted molar refractivity (Wildman–Crippen MR) is 53.2 cm³/mol. The Morgan fingerprint density at radius 2 is 1.87 bits per heavy atom. The van der Waals surface area contributed by atoms with Crippen molar-refractivity contribution in [2.24, 2.45) is 0 Å². The molecule has 82 valence electrons. The van der Waals surface area contributed by atoms with E-state index in [0.29, 0.717) is 23.4 Å². The minimum absolute atomic E-state index is 0.000146. The molecule has 0 atom stereocenters. The summed E-state index contributed by atoms with van der Waals surface area (Å²) in [5.41, 5.74) is 2.13. The maximum absolute atomic E-state index is 10.9. The number of carbonyl (C=O) groups is 2. The van der Waals surface area contributed by atoms with Crippen molar-refractivity contribution >= 4 is 11.9 Å². The van der Waals surface area contributed by atoms with Crippen LogP contribution < -0.4 is 0 Å². The van der Waals surface area contributed by atoms with Crippen LogP contribution in [0, 0.1) is 13.8 Å². The second-order valence-corrected chi connectivity index (χ2v) is 3.43. The molecule has 0 aromatic carbocycles. The van der Waals surface area contributed by atoms with Crippen LogP contribution in [-0.4, -0.2) is 27.1 Å². The van der Waals surface area contributed by atoms with E-state index in [2.05, 4.69) is 4.98 Å². The van der Waals surface area contributed by atoms with Crippen molar-refractivity contribution in [1.82, 2.24) is 4.98 Å². The standard InChI is InChI=1S/C10H13NO4/c1-5-7(3-4-8(12)13)11-6(2)9(5)10(14)15/h11H,3-4H2,1-2H3,(H,12,13)(H,14,15). The summed E-state index contributed by atoms with van der Waals surface area (Å²) in [5.74, 6) is -1.87. The van der Waals surface area contributed by atoms with E-state index in [0.717, 1.165) is 0 Å². The molecule has 1 heterocycles. The molecule has 0 radical (unpaired) electrons. The van der Waals surface area contributed by atoms with Crippen molar-refractivity contribution in [2.45, 2.75) is 26.7 Å². The van der Waals surface area contributed by atoms with Gasteiger partial charge in [-0.2, -0.15) is 0 Å². The monoisotopic (exact) mass is 211 g/mol. The second kappa shape index (κ2) is 4.16. The number of rotatable bonds is 4. The lowest BCUT2D eigenvalue weighted by atomic mass is 10.1. The number of nitrogens with one attached hydrogen (secondary N) is 1. The van der Waals surface area contributed by atoms with E-state index in [1.807, 2.05) is 0 Å². The maximum atomic E-state index is 10.9. The summed E-state index contributed by atoms with van der Waals surface area (Å²) in [6, 6.07) is 0. The first kappa shape index (κ1) is 11.3. The van der Waals surface area contributed by atoms with Gasteiger partial charge in [0.2, 0.25) is 0 Å². The van der Waals surface area contributed by atoms with Crippen molar-refractivity contribution in [3.05, 3.63) is 22.5 Å². The molecule has 3 N–H and O–H groups in total. The fraction of sp³-hybridized carbons (Fsp3) is 0.400. The van der Waals surface area contributed by atoms with Gasteiger partial charge in [-0.05, 0) is 25.8 Å². The molecule has 0 bridgehead atoms. The van der Waals surface area contributed by atoms with Crippen LogP contribution in [0.2, 0.25) is 0 Å². The molecule has 0 unspecified atom stereocenters. The normalized spacial score (nSPS) is 10.3. The van der Waals surface area contributed by atoms with E-state index >= 15 is 0 Å². The molecule has 5 nitrogen and oxygen atoms in total. The van der Waals surface area contributed by atoms with Gasteiger partial charge in [0.15, 0.2) is 0 Å². The maximum Gasteiger partial charge on any atom is 0.337 e. The Balaban J connectivity index is 2.96. The summed E-state index contributed by atoms with van der Waals surface area (Å²) in [6.45, 7) is 3.35. The number of aryl methyl sites for hydroxylation is 2. The van der Waals surface area contributed by atoms with Crippen LogP contribution >= 0.6 is 0 Å². The lowest BCUT2D eigenvalue weighted by molar-refractivity contribution is -0.136. The van der Waals surface area contributed by atoms with E-state index in [1.54, 1.807) is 13.8 Å². The number of carboxylic acid groups (broad SMARTS) is 2. The molecule has 0 aliphatic rings.